The maximum atomic E-state index is 13.0. The minimum atomic E-state index is -0.171. The molecule has 1 saturated heterocycles. The normalized spacial score (nSPS) is 14.6. The monoisotopic (exact) mass is 468 g/mol. The summed E-state index contributed by atoms with van der Waals surface area (Å²) in [5, 5.41) is 18.2. The fourth-order valence-corrected chi connectivity index (χ4v) is 4.54. The smallest absolute Gasteiger partial charge is 0.270 e. The van der Waals surface area contributed by atoms with Crippen LogP contribution in [-0.2, 0) is 6.54 Å². The number of hydrogen-bond donors (Lipinski definition) is 2. The summed E-state index contributed by atoms with van der Waals surface area (Å²) in [5.74, 6) is 0.169. The first-order valence-corrected chi connectivity index (χ1v) is 11.8. The number of aliphatic hydroxyl groups excluding tert-OH is 1. The lowest BCUT2D eigenvalue weighted by molar-refractivity contribution is 0.0681. The second kappa shape index (κ2) is 10.4. The van der Waals surface area contributed by atoms with Gasteiger partial charge in [0.2, 0.25) is 0 Å². The zero-order valence-corrected chi connectivity index (χ0v) is 19.5. The van der Waals surface area contributed by atoms with Gasteiger partial charge in [0.25, 0.3) is 11.8 Å². The number of amides is 2. The van der Waals surface area contributed by atoms with Crippen molar-refractivity contribution in [2.24, 2.45) is 5.92 Å². The van der Waals surface area contributed by atoms with E-state index in [0.717, 1.165) is 29.3 Å². The number of likely N-dealkylation sites (tertiary alicyclic amines) is 1. The average Bonchev–Trinajstić information content (AvgIpc) is 3.19. The number of rotatable bonds is 7. The Balaban J connectivity index is 1.47. The van der Waals surface area contributed by atoms with Gasteiger partial charge in [0.1, 0.15) is 5.69 Å². The number of hydrogen-bond acceptors (Lipinski definition) is 4. The fraction of sp³-hybridized carbons (Fsp3) is 0.400. The van der Waals surface area contributed by atoms with Crippen LogP contribution in [0.1, 0.15) is 45.7 Å². The van der Waals surface area contributed by atoms with E-state index in [1.54, 1.807) is 24.3 Å². The summed E-state index contributed by atoms with van der Waals surface area (Å²) < 4.78 is 1.83. The van der Waals surface area contributed by atoms with E-state index in [0.29, 0.717) is 54.8 Å². The molecular formula is C25H29ClN4O3. The molecule has 7 nitrogen and oxygen atoms in total. The van der Waals surface area contributed by atoms with Crippen LogP contribution in [-0.4, -0.2) is 57.8 Å². The summed E-state index contributed by atoms with van der Waals surface area (Å²) in [4.78, 5) is 27.7. The van der Waals surface area contributed by atoms with Crippen LogP contribution in [0.4, 0.5) is 0 Å². The van der Waals surface area contributed by atoms with Crippen molar-refractivity contribution in [2.45, 2.75) is 32.7 Å². The lowest BCUT2D eigenvalue weighted by Gasteiger charge is -2.32. The summed E-state index contributed by atoms with van der Waals surface area (Å²) in [6.45, 7) is 4.40. The minimum Gasteiger partial charge on any atom is -0.396 e. The molecule has 174 valence electrons. The van der Waals surface area contributed by atoms with Crippen molar-refractivity contribution < 1.29 is 14.7 Å². The molecule has 0 bridgehead atoms. The number of carbonyl (C=O) groups excluding carboxylic acids is 2. The van der Waals surface area contributed by atoms with Gasteiger partial charge in [-0.1, -0.05) is 23.7 Å². The van der Waals surface area contributed by atoms with E-state index in [4.69, 9.17) is 21.8 Å². The Hall–Kier alpha value is -2.90. The number of fused-ring (bicyclic) bond motifs is 1. The Bertz CT molecular complexity index is 1130. The number of halogens is 1. The molecule has 3 aromatic rings. The average molecular weight is 469 g/mol. The molecule has 8 heteroatoms. The highest BCUT2D eigenvalue weighted by Gasteiger charge is 2.27. The van der Waals surface area contributed by atoms with Crippen LogP contribution in [0, 0.1) is 12.8 Å². The van der Waals surface area contributed by atoms with E-state index in [1.807, 2.05) is 34.7 Å². The molecule has 1 aromatic heterocycles. The Kier molecular flexibility index (Phi) is 7.30. The zero-order valence-electron chi connectivity index (χ0n) is 18.8. The van der Waals surface area contributed by atoms with Crippen LogP contribution in [0.15, 0.2) is 42.5 Å². The van der Waals surface area contributed by atoms with E-state index in [1.165, 1.54) is 0 Å². The van der Waals surface area contributed by atoms with Gasteiger partial charge in [-0.3, -0.25) is 14.3 Å². The van der Waals surface area contributed by atoms with Crippen molar-refractivity contribution in [3.63, 3.8) is 0 Å². The van der Waals surface area contributed by atoms with Gasteiger partial charge in [-0.2, -0.15) is 5.10 Å². The number of piperidine rings is 1. The molecule has 1 fully saturated rings. The molecule has 0 radical (unpaired) electrons. The van der Waals surface area contributed by atoms with Gasteiger partial charge >= 0.3 is 0 Å². The number of benzene rings is 2. The molecule has 0 aliphatic carbocycles. The van der Waals surface area contributed by atoms with Crippen LogP contribution in [0.3, 0.4) is 0 Å². The molecule has 0 spiro atoms. The summed E-state index contributed by atoms with van der Waals surface area (Å²) in [6, 6.07) is 12.9. The quantitative estimate of drug-likeness (QED) is 0.518. The van der Waals surface area contributed by atoms with Crippen molar-refractivity contribution in [1.82, 2.24) is 20.0 Å². The van der Waals surface area contributed by atoms with Gasteiger partial charge < -0.3 is 15.3 Å². The number of nitrogens with one attached hydrogen (secondary N) is 1. The van der Waals surface area contributed by atoms with E-state index in [9.17, 15) is 9.59 Å². The first-order valence-electron chi connectivity index (χ1n) is 11.4. The third kappa shape index (κ3) is 5.20. The maximum Gasteiger partial charge on any atom is 0.270 e. The van der Waals surface area contributed by atoms with Gasteiger partial charge in [0.05, 0.1) is 5.52 Å². The first kappa shape index (κ1) is 23.3. The summed E-state index contributed by atoms with van der Waals surface area (Å²) in [5.41, 5.74) is 3.03. The number of carbonyl (C=O) groups is 2. The second-order valence-electron chi connectivity index (χ2n) is 8.58. The van der Waals surface area contributed by atoms with Crippen molar-refractivity contribution in [3.05, 3.63) is 64.3 Å². The van der Waals surface area contributed by atoms with Gasteiger partial charge in [0, 0.05) is 48.8 Å². The van der Waals surface area contributed by atoms with Gasteiger partial charge in [-0.15, -0.1) is 0 Å². The predicted molar refractivity (Wildman–Crippen MR) is 129 cm³/mol. The zero-order chi connectivity index (χ0) is 23.4. The molecule has 1 aliphatic heterocycles. The van der Waals surface area contributed by atoms with Gasteiger partial charge in [0.15, 0.2) is 0 Å². The fourth-order valence-electron chi connectivity index (χ4n) is 4.42. The van der Waals surface area contributed by atoms with E-state index >= 15 is 0 Å². The van der Waals surface area contributed by atoms with Crippen molar-refractivity contribution in [2.75, 3.05) is 26.2 Å². The number of aryl methyl sites for hydroxylation is 1. The van der Waals surface area contributed by atoms with E-state index in [2.05, 4.69) is 5.32 Å². The number of nitrogens with zero attached hydrogens (tertiary/aromatic N) is 3. The van der Waals surface area contributed by atoms with Crippen LogP contribution < -0.4 is 5.32 Å². The van der Waals surface area contributed by atoms with E-state index in [-0.39, 0.29) is 18.4 Å². The summed E-state index contributed by atoms with van der Waals surface area (Å²) in [7, 11) is 0. The minimum absolute atomic E-state index is 0.0227. The molecule has 4 rings (SSSR count). The molecular weight excluding hydrogens is 440 g/mol. The highest BCUT2D eigenvalue weighted by molar-refractivity contribution is 6.30. The SMILES string of the molecule is Cc1cccc2nn(CC3CCN(C(=O)c4ccc(Cl)cc4)CC3)c(C(=O)NCCCO)c12. The van der Waals surface area contributed by atoms with Crippen LogP contribution in [0.2, 0.25) is 5.02 Å². The highest BCUT2D eigenvalue weighted by atomic mass is 35.5. The van der Waals surface area contributed by atoms with Crippen molar-refractivity contribution in [3.8, 4) is 0 Å². The Labute approximate surface area is 198 Å². The number of aromatic nitrogens is 2. The molecule has 0 saturated carbocycles. The van der Waals surface area contributed by atoms with Gasteiger partial charge in [-0.05, 0) is 68.0 Å². The lowest BCUT2D eigenvalue weighted by atomic mass is 9.96. The predicted octanol–water partition coefficient (Wildman–Crippen LogP) is 3.66. The Morgan fingerprint density at radius 2 is 1.88 bits per heavy atom. The van der Waals surface area contributed by atoms with Gasteiger partial charge in [-0.25, -0.2) is 0 Å². The topological polar surface area (TPSA) is 87.5 Å². The molecule has 2 amide bonds. The Morgan fingerprint density at radius 3 is 2.58 bits per heavy atom. The lowest BCUT2D eigenvalue weighted by Crippen LogP contribution is -2.39. The first-order chi connectivity index (χ1) is 16.0. The third-order valence-corrected chi connectivity index (χ3v) is 6.49. The second-order valence-corrected chi connectivity index (χ2v) is 9.01. The number of aliphatic hydroxyl groups is 1. The molecule has 2 N–H and O–H groups in total. The van der Waals surface area contributed by atoms with Crippen molar-refractivity contribution >= 4 is 34.3 Å². The summed E-state index contributed by atoms with van der Waals surface area (Å²) >= 11 is 5.93. The molecule has 0 unspecified atom stereocenters. The maximum absolute atomic E-state index is 13.0. The standard InChI is InChI=1S/C25H29ClN4O3/c1-17-4-2-5-21-22(17)23(24(32)27-12-3-15-31)30(28-21)16-18-10-13-29(14-11-18)25(33)19-6-8-20(26)9-7-19/h2,4-9,18,31H,3,10-16H2,1H3,(H,27,32). The molecule has 2 heterocycles. The van der Waals surface area contributed by atoms with Crippen molar-refractivity contribution in [1.29, 1.82) is 0 Å². The molecule has 1 aliphatic rings. The van der Waals surface area contributed by atoms with Crippen LogP contribution in [0.25, 0.3) is 10.9 Å². The van der Waals surface area contributed by atoms with Crippen LogP contribution in [0.5, 0.6) is 0 Å². The molecule has 2 aromatic carbocycles. The molecule has 33 heavy (non-hydrogen) atoms. The highest BCUT2D eigenvalue weighted by Crippen LogP contribution is 2.26. The molecule has 0 atom stereocenters. The summed E-state index contributed by atoms with van der Waals surface area (Å²) in [6.07, 6.45) is 2.21. The Morgan fingerprint density at radius 1 is 1.15 bits per heavy atom. The third-order valence-electron chi connectivity index (χ3n) is 6.23. The van der Waals surface area contributed by atoms with Crippen LogP contribution >= 0.6 is 11.6 Å². The largest absolute Gasteiger partial charge is 0.396 e. The van der Waals surface area contributed by atoms with E-state index < -0.39 is 0 Å².